The summed E-state index contributed by atoms with van der Waals surface area (Å²) in [6.07, 6.45) is 7.37. The molecule has 1 N–H and O–H groups in total. The molecule has 92 valence electrons. The van der Waals surface area contributed by atoms with Gasteiger partial charge in [0.25, 0.3) is 0 Å². The van der Waals surface area contributed by atoms with Gasteiger partial charge in [-0.2, -0.15) is 11.8 Å². The predicted octanol–water partition coefficient (Wildman–Crippen LogP) is 2.21. The van der Waals surface area contributed by atoms with Gasteiger partial charge in [-0.15, -0.1) is 0 Å². The van der Waals surface area contributed by atoms with E-state index in [1.807, 2.05) is 0 Å². The zero-order chi connectivity index (χ0) is 10.6. The van der Waals surface area contributed by atoms with E-state index in [0.717, 1.165) is 18.3 Å². The SMILES string of the molecule is CC(=O)C[C@@H]1[CH-][C@H]2CC[C@@H]1C2.CCO.[Pd]. The van der Waals surface area contributed by atoms with Crippen LogP contribution in [0, 0.1) is 24.2 Å². The topological polar surface area (TPSA) is 37.3 Å². The normalized spacial score (nSPS) is 31.5. The summed E-state index contributed by atoms with van der Waals surface area (Å²) in [7, 11) is 0. The van der Waals surface area contributed by atoms with Gasteiger partial charge >= 0.3 is 0 Å². The van der Waals surface area contributed by atoms with Gasteiger partial charge in [-0.25, -0.2) is 0 Å². The van der Waals surface area contributed by atoms with Gasteiger partial charge < -0.3 is 16.3 Å². The molecular formula is C12H21O2Pd-. The van der Waals surface area contributed by atoms with Crippen LogP contribution in [0.15, 0.2) is 0 Å². The van der Waals surface area contributed by atoms with E-state index in [0.29, 0.717) is 11.7 Å². The van der Waals surface area contributed by atoms with Crippen molar-refractivity contribution in [1.82, 2.24) is 0 Å². The largest absolute Gasteiger partial charge is 0.397 e. The average Bonchev–Trinajstić information content (AvgIpc) is 2.64. The summed E-state index contributed by atoms with van der Waals surface area (Å²) < 4.78 is 0. The molecule has 15 heavy (non-hydrogen) atoms. The molecule has 0 aromatic heterocycles. The van der Waals surface area contributed by atoms with E-state index in [1.165, 1.54) is 19.3 Å². The van der Waals surface area contributed by atoms with E-state index >= 15 is 0 Å². The first-order valence-corrected chi connectivity index (χ1v) is 5.62. The number of aliphatic hydroxyl groups excluding tert-OH is 1. The van der Waals surface area contributed by atoms with E-state index in [4.69, 9.17) is 5.11 Å². The molecule has 0 aromatic carbocycles. The Balaban J connectivity index is 0.000000443. The molecule has 0 unspecified atom stereocenters. The molecular weight excluding hydrogens is 283 g/mol. The first-order valence-electron chi connectivity index (χ1n) is 5.62. The van der Waals surface area contributed by atoms with Crippen LogP contribution in [-0.4, -0.2) is 17.5 Å². The molecule has 2 aliphatic carbocycles. The summed E-state index contributed by atoms with van der Waals surface area (Å²) in [5.74, 6) is 2.73. The van der Waals surface area contributed by atoms with Crippen LogP contribution < -0.4 is 0 Å². The zero-order valence-corrected chi connectivity index (χ0v) is 11.1. The van der Waals surface area contributed by atoms with Crippen LogP contribution in [0.25, 0.3) is 0 Å². The Labute approximate surface area is 106 Å². The molecule has 2 aliphatic rings. The first-order chi connectivity index (χ1) is 6.67. The minimum absolute atomic E-state index is 0. The number of fused-ring (bicyclic) bond motifs is 2. The van der Waals surface area contributed by atoms with Crippen molar-refractivity contribution in [1.29, 1.82) is 0 Å². The van der Waals surface area contributed by atoms with Crippen LogP contribution in [-0.2, 0) is 25.2 Å². The Morgan fingerprint density at radius 3 is 2.40 bits per heavy atom. The Kier molecular flexibility index (Phi) is 7.69. The van der Waals surface area contributed by atoms with Crippen LogP contribution >= 0.6 is 0 Å². The van der Waals surface area contributed by atoms with Crippen molar-refractivity contribution in [3.05, 3.63) is 6.42 Å². The maximum Gasteiger partial charge on any atom is 0.127 e. The van der Waals surface area contributed by atoms with Crippen molar-refractivity contribution in [3.8, 4) is 0 Å². The smallest absolute Gasteiger partial charge is 0.127 e. The Morgan fingerprint density at radius 1 is 1.47 bits per heavy atom. The maximum atomic E-state index is 10.9. The van der Waals surface area contributed by atoms with Crippen molar-refractivity contribution < 1.29 is 30.3 Å². The van der Waals surface area contributed by atoms with Gasteiger partial charge in [0.15, 0.2) is 0 Å². The van der Waals surface area contributed by atoms with E-state index in [-0.39, 0.29) is 27.0 Å². The molecule has 0 heterocycles. The van der Waals surface area contributed by atoms with Crippen molar-refractivity contribution >= 4 is 5.78 Å². The van der Waals surface area contributed by atoms with Crippen molar-refractivity contribution in [3.63, 3.8) is 0 Å². The number of rotatable bonds is 2. The molecule has 2 saturated carbocycles. The van der Waals surface area contributed by atoms with Gasteiger partial charge in [-0.05, 0) is 20.3 Å². The molecule has 3 atom stereocenters. The average molecular weight is 304 g/mol. The molecule has 2 rings (SSSR count). The van der Waals surface area contributed by atoms with E-state index in [1.54, 1.807) is 13.8 Å². The Hall–Kier alpha value is 0.292. The third kappa shape index (κ3) is 4.76. The molecule has 0 aliphatic heterocycles. The second kappa shape index (κ2) is 7.55. The first kappa shape index (κ1) is 15.3. The third-order valence-corrected chi connectivity index (χ3v) is 3.16. The van der Waals surface area contributed by atoms with Crippen LogP contribution in [0.2, 0.25) is 0 Å². The quantitative estimate of drug-likeness (QED) is 0.627. The van der Waals surface area contributed by atoms with Crippen LogP contribution in [0.3, 0.4) is 0 Å². The monoisotopic (exact) mass is 303 g/mol. The molecule has 3 heteroatoms. The van der Waals surface area contributed by atoms with Crippen LogP contribution in [0.4, 0.5) is 0 Å². The van der Waals surface area contributed by atoms with Gasteiger partial charge in [0.2, 0.25) is 0 Å². The van der Waals surface area contributed by atoms with Gasteiger partial charge in [0, 0.05) is 27.0 Å². The van der Waals surface area contributed by atoms with Crippen LogP contribution in [0.5, 0.6) is 0 Å². The van der Waals surface area contributed by atoms with Gasteiger partial charge in [-0.1, -0.05) is 25.2 Å². The Morgan fingerprint density at radius 2 is 2.07 bits per heavy atom. The molecule has 2 nitrogen and oxygen atoms in total. The summed E-state index contributed by atoms with van der Waals surface area (Å²) in [6, 6.07) is 0. The van der Waals surface area contributed by atoms with E-state index in [2.05, 4.69) is 6.42 Å². The van der Waals surface area contributed by atoms with E-state index < -0.39 is 0 Å². The summed E-state index contributed by atoms with van der Waals surface area (Å²) in [5, 5.41) is 7.57. The standard InChI is InChI=1S/C10H15O.C2H6O.Pd/c1-7(11)4-10-6-8-2-3-9(10)5-8;1-2-3;/h6,8-10H,2-5H2,1H3;3H,2H2,1H3;/q-1;;/t8-,9+,10+;;/m0../s1. The number of ketones is 1. The van der Waals surface area contributed by atoms with E-state index in [9.17, 15) is 4.79 Å². The fourth-order valence-electron chi connectivity index (χ4n) is 2.69. The number of carbonyl (C=O) groups excluding carboxylic acids is 1. The molecule has 0 aromatic rings. The Bertz CT molecular complexity index is 194. The molecule has 0 saturated heterocycles. The molecule has 2 bridgehead atoms. The van der Waals surface area contributed by atoms with Crippen molar-refractivity contribution in [2.24, 2.45) is 17.8 Å². The molecule has 0 spiro atoms. The van der Waals surface area contributed by atoms with Gasteiger partial charge in [0.05, 0.1) is 0 Å². The zero-order valence-electron chi connectivity index (χ0n) is 9.52. The molecule has 0 radical (unpaired) electrons. The maximum absolute atomic E-state index is 10.9. The fraction of sp³-hybridized carbons (Fsp3) is 0.833. The van der Waals surface area contributed by atoms with Gasteiger partial charge in [0.1, 0.15) is 5.78 Å². The molecule has 2 fully saturated rings. The number of Topliss-reactive ketones (excluding diaryl/α,β-unsaturated/α-hetero) is 1. The second-order valence-electron chi connectivity index (χ2n) is 4.41. The van der Waals surface area contributed by atoms with Crippen molar-refractivity contribution in [2.45, 2.75) is 39.5 Å². The minimum Gasteiger partial charge on any atom is -0.397 e. The van der Waals surface area contributed by atoms with Crippen molar-refractivity contribution in [2.75, 3.05) is 6.61 Å². The minimum atomic E-state index is 0. The summed E-state index contributed by atoms with van der Waals surface area (Å²) >= 11 is 0. The number of aliphatic hydroxyl groups is 1. The summed E-state index contributed by atoms with van der Waals surface area (Å²) in [5.41, 5.74) is 0. The third-order valence-electron chi connectivity index (χ3n) is 3.16. The molecule has 0 amide bonds. The number of hydrogen-bond acceptors (Lipinski definition) is 2. The number of hydrogen-bond donors (Lipinski definition) is 1. The summed E-state index contributed by atoms with van der Waals surface area (Å²) in [4.78, 5) is 10.9. The number of carbonyl (C=O) groups is 1. The second-order valence-corrected chi connectivity index (χ2v) is 4.41. The predicted molar refractivity (Wildman–Crippen MR) is 56.7 cm³/mol. The summed E-state index contributed by atoms with van der Waals surface area (Å²) in [6.45, 7) is 3.64. The van der Waals surface area contributed by atoms with Crippen LogP contribution in [0.1, 0.15) is 39.5 Å². The van der Waals surface area contributed by atoms with Gasteiger partial charge in [-0.3, -0.25) is 0 Å². The fourth-order valence-corrected chi connectivity index (χ4v) is 2.69.